The van der Waals surface area contributed by atoms with Gasteiger partial charge in [0, 0.05) is 16.9 Å². The van der Waals surface area contributed by atoms with E-state index < -0.39 is 29.1 Å². The Morgan fingerprint density at radius 3 is 2.33 bits per heavy atom. The number of aliphatic hydroxyl groups is 2. The highest BCUT2D eigenvalue weighted by Crippen LogP contribution is 2.42. The number of benzene rings is 2. The molecule has 2 aromatic carbocycles. The molecule has 0 spiro atoms. The van der Waals surface area contributed by atoms with Crippen LogP contribution in [0.5, 0.6) is 0 Å². The highest BCUT2D eigenvalue weighted by molar-refractivity contribution is 6.04. The minimum absolute atomic E-state index is 0.100. The van der Waals surface area contributed by atoms with E-state index in [4.69, 9.17) is 10.3 Å². The number of ketones is 1. The zero-order valence-electron chi connectivity index (χ0n) is 14.8. The predicted molar refractivity (Wildman–Crippen MR) is 98.6 cm³/mol. The lowest BCUT2D eigenvalue weighted by atomic mass is 9.67. The monoisotopic (exact) mass is 366 g/mol. The minimum Gasteiger partial charge on any atom is -0.385 e. The van der Waals surface area contributed by atoms with Gasteiger partial charge in [0.1, 0.15) is 12.2 Å². The van der Waals surface area contributed by atoms with Crippen LogP contribution in [0.4, 0.5) is 0 Å². The average Bonchev–Trinajstić information content (AvgIpc) is 2.69. The third kappa shape index (κ3) is 3.34. The summed E-state index contributed by atoms with van der Waals surface area (Å²) in [6.07, 6.45) is -0.824. The molecule has 0 unspecified atom stereocenters. The van der Waals surface area contributed by atoms with Gasteiger partial charge in [0.15, 0.2) is 11.4 Å². The van der Waals surface area contributed by atoms with Gasteiger partial charge in [-0.15, -0.1) is 0 Å². The van der Waals surface area contributed by atoms with Gasteiger partial charge in [0.05, 0.1) is 12.1 Å². The summed E-state index contributed by atoms with van der Waals surface area (Å²) in [6.45, 7) is 2.57. The average molecular weight is 366 g/mol. The second kappa shape index (κ2) is 7.50. The lowest BCUT2D eigenvalue weighted by Crippen LogP contribution is -2.71. The van der Waals surface area contributed by atoms with E-state index in [1.807, 2.05) is 6.07 Å². The number of rotatable bonds is 5. The Morgan fingerprint density at radius 2 is 1.74 bits per heavy atom. The number of ether oxygens (including phenoxy) is 1. The summed E-state index contributed by atoms with van der Waals surface area (Å²) in [6, 6.07) is 15.9. The molecule has 7 nitrogen and oxygen atoms in total. The molecule has 7 heteroatoms. The molecule has 4 atom stereocenters. The van der Waals surface area contributed by atoms with Crippen LogP contribution in [0.25, 0.3) is 10.4 Å². The van der Waals surface area contributed by atoms with E-state index >= 15 is 0 Å². The molecule has 2 aromatic rings. The van der Waals surface area contributed by atoms with Crippen LogP contribution in [0.15, 0.2) is 65.8 Å². The van der Waals surface area contributed by atoms with Crippen molar-refractivity contribution in [2.75, 3.05) is 0 Å². The van der Waals surface area contributed by atoms with Crippen molar-refractivity contribution in [2.45, 2.75) is 36.7 Å². The molecule has 0 aromatic heterocycles. The van der Waals surface area contributed by atoms with Crippen LogP contribution in [0, 0.1) is 6.61 Å². The summed E-state index contributed by atoms with van der Waals surface area (Å²) in [5, 5.41) is 26.6. The molecule has 0 bridgehead atoms. The summed E-state index contributed by atoms with van der Waals surface area (Å²) in [7, 11) is 0. The quantitative estimate of drug-likeness (QED) is 0.366. The van der Waals surface area contributed by atoms with Crippen molar-refractivity contribution in [3.63, 3.8) is 0 Å². The van der Waals surface area contributed by atoms with E-state index in [9.17, 15) is 15.0 Å². The number of nitrogens with zero attached hydrogens (tertiary/aromatic N) is 3. The number of azide groups is 1. The van der Waals surface area contributed by atoms with Crippen LogP contribution in [-0.2, 0) is 11.2 Å². The molecule has 1 heterocycles. The van der Waals surface area contributed by atoms with E-state index in [2.05, 4.69) is 10.0 Å². The van der Waals surface area contributed by atoms with Gasteiger partial charge >= 0.3 is 0 Å². The first-order chi connectivity index (χ1) is 12.9. The first-order valence-corrected chi connectivity index (χ1v) is 8.55. The Morgan fingerprint density at radius 1 is 1.15 bits per heavy atom. The molecule has 3 rings (SSSR count). The fourth-order valence-electron chi connectivity index (χ4n) is 3.45. The normalized spacial score (nSPS) is 30.3. The molecule has 27 heavy (non-hydrogen) atoms. The molecule has 139 valence electrons. The summed E-state index contributed by atoms with van der Waals surface area (Å²) in [5.74, 6) is -0.730. The van der Waals surface area contributed by atoms with Gasteiger partial charge in [-0.2, -0.15) is 0 Å². The fraction of sp³-hybridized carbons (Fsp3) is 0.300. The molecule has 0 saturated carbocycles. The minimum atomic E-state index is -2.39. The summed E-state index contributed by atoms with van der Waals surface area (Å²) >= 11 is 0. The number of carbonyl (C=O) groups is 1. The van der Waals surface area contributed by atoms with E-state index in [0.29, 0.717) is 5.56 Å². The smallest absolute Gasteiger partial charge is 0.200 e. The van der Waals surface area contributed by atoms with Crippen LogP contribution in [0.3, 0.4) is 0 Å². The van der Waals surface area contributed by atoms with Crippen molar-refractivity contribution in [3.05, 3.63) is 88.8 Å². The molecule has 1 aliphatic rings. The second-order valence-corrected chi connectivity index (χ2v) is 6.66. The van der Waals surface area contributed by atoms with Gasteiger partial charge < -0.3 is 14.9 Å². The first-order valence-electron chi connectivity index (χ1n) is 8.55. The third-order valence-corrected chi connectivity index (χ3v) is 4.92. The Balaban J connectivity index is 2.11. The van der Waals surface area contributed by atoms with Crippen molar-refractivity contribution < 1.29 is 19.7 Å². The molecular weight excluding hydrogens is 346 g/mol. The Bertz CT molecular complexity index is 854. The molecule has 0 aliphatic carbocycles. The maximum atomic E-state index is 13.1. The lowest BCUT2D eigenvalue weighted by Gasteiger charge is -2.50. The van der Waals surface area contributed by atoms with E-state index in [1.54, 1.807) is 49.4 Å². The maximum absolute atomic E-state index is 13.1. The van der Waals surface area contributed by atoms with Gasteiger partial charge in [-0.05, 0) is 18.0 Å². The zero-order chi connectivity index (χ0) is 19.5. The van der Waals surface area contributed by atoms with E-state index in [-0.39, 0.29) is 12.0 Å². The van der Waals surface area contributed by atoms with Crippen LogP contribution >= 0.6 is 0 Å². The topological polar surface area (TPSA) is 116 Å². The molecule has 1 fully saturated rings. The fourth-order valence-corrected chi connectivity index (χ4v) is 3.45. The van der Waals surface area contributed by atoms with Crippen molar-refractivity contribution in [3.8, 4) is 0 Å². The maximum Gasteiger partial charge on any atom is 0.200 e. The standard InChI is InChI=1S/C20H20N3O4/c1-14-17(22-23-21)19(25,12-15-8-4-2-5-9-15)20(26,13-27-14)18(24)16-10-6-3-7-11-16/h2-11,13-14,17,25-26H,12H2,1H3/t14-,17-,19+,20+/m1/s1. The molecule has 2 N–H and O–H groups in total. The van der Waals surface area contributed by atoms with Crippen molar-refractivity contribution in [2.24, 2.45) is 5.11 Å². The van der Waals surface area contributed by atoms with Gasteiger partial charge in [-0.1, -0.05) is 65.8 Å². The van der Waals surface area contributed by atoms with Gasteiger partial charge in [0.2, 0.25) is 0 Å². The van der Waals surface area contributed by atoms with E-state index in [0.717, 1.165) is 6.61 Å². The third-order valence-electron chi connectivity index (χ3n) is 4.92. The van der Waals surface area contributed by atoms with Crippen LogP contribution in [-0.4, -0.2) is 39.3 Å². The Labute approximate surface area is 156 Å². The molecule has 1 saturated heterocycles. The summed E-state index contributed by atoms with van der Waals surface area (Å²) in [4.78, 5) is 15.9. The molecule has 1 radical (unpaired) electrons. The number of hydrogen-bond donors (Lipinski definition) is 2. The largest absolute Gasteiger partial charge is 0.385 e. The van der Waals surface area contributed by atoms with Crippen LogP contribution in [0.2, 0.25) is 0 Å². The Kier molecular flexibility index (Phi) is 5.30. The summed E-state index contributed by atoms with van der Waals surface area (Å²) in [5.41, 5.74) is 5.38. The highest BCUT2D eigenvalue weighted by Gasteiger charge is 2.63. The predicted octanol–water partition coefficient (Wildman–Crippen LogP) is 2.83. The first kappa shape index (κ1) is 19.1. The molecule has 0 amide bonds. The SMILES string of the molecule is C[C@H]1O[CH][C@](O)(C(=O)c2ccccc2)[C@](O)(Cc2ccccc2)[C@@H]1N=[N+]=[N-]. The summed E-state index contributed by atoms with van der Waals surface area (Å²) < 4.78 is 5.41. The highest BCUT2D eigenvalue weighted by atomic mass is 16.5. The number of carbonyl (C=O) groups excluding carboxylic acids is 1. The van der Waals surface area contributed by atoms with Gasteiger partial charge in [-0.3, -0.25) is 4.79 Å². The number of Topliss-reactive ketones (excluding diaryl/α,β-unsaturated/α-hetero) is 1. The van der Waals surface area contributed by atoms with Crippen molar-refractivity contribution >= 4 is 5.78 Å². The van der Waals surface area contributed by atoms with E-state index in [1.165, 1.54) is 12.1 Å². The Hall–Kier alpha value is -2.70. The van der Waals surface area contributed by atoms with Gasteiger partial charge in [-0.25, -0.2) is 0 Å². The van der Waals surface area contributed by atoms with Crippen molar-refractivity contribution in [1.82, 2.24) is 0 Å². The van der Waals surface area contributed by atoms with Crippen LogP contribution < -0.4 is 0 Å². The lowest BCUT2D eigenvalue weighted by molar-refractivity contribution is -0.194. The number of hydrogen-bond acceptors (Lipinski definition) is 5. The van der Waals surface area contributed by atoms with Crippen LogP contribution in [0.1, 0.15) is 22.8 Å². The zero-order valence-corrected chi connectivity index (χ0v) is 14.8. The molecular formula is C20H20N3O4. The van der Waals surface area contributed by atoms with Gasteiger partial charge in [0.25, 0.3) is 0 Å². The second-order valence-electron chi connectivity index (χ2n) is 6.66. The van der Waals surface area contributed by atoms with Crippen molar-refractivity contribution in [1.29, 1.82) is 0 Å². The molecule has 1 aliphatic heterocycles.